The minimum atomic E-state index is 0. The summed E-state index contributed by atoms with van der Waals surface area (Å²) < 4.78 is 11.0. The molecule has 0 aliphatic heterocycles. The van der Waals surface area contributed by atoms with E-state index in [9.17, 15) is 0 Å². The third-order valence-corrected chi connectivity index (χ3v) is 4.63. The molecule has 0 aliphatic carbocycles. The number of nitrogens with one attached hydrogen (secondary N) is 3. The van der Waals surface area contributed by atoms with Crippen LogP contribution in [-0.2, 0) is 6.42 Å². The molecule has 3 N–H and O–H groups in total. The molecule has 0 saturated heterocycles. The number of hydrogen-bond donors (Lipinski definition) is 3. The molecule has 1 aromatic heterocycles. The van der Waals surface area contributed by atoms with Gasteiger partial charge in [0.2, 0.25) is 0 Å². The van der Waals surface area contributed by atoms with Crippen LogP contribution < -0.4 is 25.4 Å². The van der Waals surface area contributed by atoms with E-state index in [4.69, 9.17) is 14.5 Å². The summed E-state index contributed by atoms with van der Waals surface area (Å²) in [7, 11) is 1.67. The second kappa shape index (κ2) is 17.3. The number of anilines is 1. The van der Waals surface area contributed by atoms with Crippen LogP contribution in [0.2, 0.25) is 0 Å². The second-order valence-corrected chi connectivity index (χ2v) is 7.06. The van der Waals surface area contributed by atoms with Crippen molar-refractivity contribution in [1.29, 1.82) is 0 Å². The van der Waals surface area contributed by atoms with Gasteiger partial charge in [0.1, 0.15) is 5.82 Å². The summed E-state index contributed by atoms with van der Waals surface area (Å²) in [5.74, 6) is 3.39. The van der Waals surface area contributed by atoms with Crippen molar-refractivity contribution in [2.24, 2.45) is 4.99 Å². The lowest BCUT2D eigenvalue weighted by Gasteiger charge is -2.12. The van der Waals surface area contributed by atoms with Crippen molar-refractivity contribution in [2.45, 2.75) is 39.5 Å². The number of guanidine groups is 1. The molecule has 0 aliphatic rings. The van der Waals surface area contributed by atoms with E-state index in [1.807, 2.05) is 31.2 Å². The first-order valence-electron chi connectivity index (χ1n) is 11.2. The van der Waals surface area contributed by atoms with E-state index in [2.05, 4.69) is 40.0 Å². The lowest BCUT2D eigenvalue weighted by atomic mass is 10.1. The number of nitrogens with zero attached hydrogens (tertiary/aromatic N) is 2. The van der Waals surface area contributed by atoms with Crippen LogP contribution in [0.3, 0.4) is 0 Å². The highest BCUT2D eigenvalue weighted by Crippen LogP contribution is 2.28. The highest BCUT2D eigenvalue weighted by atomic mass is 127. The van der Waals surface area contributed by atoms with E-state index < -0.39 is 0 Å². The minimum absolute atomic E-state index is 0. The van der Waals surface area contributed by atoms with Gasteiger partial charge in [0.15, 0.2) is 17.5 Å². The minimum Gasteiger partial charge on any atom is -0.493 e. The number of aryl methyl sites for hydroxylation is 1. The number of unbranched alkanes of at least 4 members (excludes halogenated alkanes) is 1. The first-order valence-corrected chi connectivity index (χ1v) is 11.2. The molecule has 2 aromatic rings. The molecular formula is C24H38IN5O2. The van der Waals surface area contributed by atoms with Gasteiger partial charge in [-0.05, 0) is 69.4 Å². The Bertz CT molecular complexity index is 774. The molecule has 8 heteroatoms. The largest absolute Gasteiger partial charge is 0.493 e. The predicted molar refractivity (Wildman–Crippen MR) is 144 cm³/mol. The third-order valence-electron chi connectivity index (χ3n) is 4.63. The number of aromatic nitrogens is 1. The highest BCUT2D eigenvalue weighted by molar-refractivity contribution is 14.0. The molecular weight excluding hydrogens is 517 g/mol. The van der Waals surface area contributed by atoms with Gasteiger partial charge in [0.05, 0.1) is 13.7 Å². The summed E-state index contributed by atoms with van der Waals surface area (Å²) >= 11 is 0. The quantitative estimate of drug-likeness (QED) is 0.138. The van der Waals surface area contributed by atoms with Gasteiger partial charge in [-0.2, -0.15) is 0 Å². The Morgan fingerprint density at radius 3 is 2.56 bits per heavy atom. The van der Waals surface area contributed by atoms with Crippen LogP contribution in [0.15, 0.2) is 47.6 Å². The summed E-state index contributed by atoms with van der Waals surface area (Å²) in [6.45, 7) is 8.12. The normalized spacial score (nSPS) is 10.8. The van der Waals surface area contributed by atoms with E-state index in [-0.39, 0.29) is 24.0 Å². The molecule has 0 bridgehead atoms. The summed E-state index contributed by atoms with van der Waals surface area (Å²) in [4.78, 5) is 8.97. The topological polar surface area (TPSA) is 79.8 Å². The Labute approximate surface area is 209 Å². The number of hydrogen-bond acceptors (Lipinski definition) is 5. The van der Waals surface area contributed by atoms with Crippen molar-refractivity contribution in [3.05, 3.63) is 48.2 Å². The number of aliphatic imine (C=N–C) groups is 1. The SMILES string of the molecule is CCNC(=NCCCc1ccc(OC)c(OCC)c1)NCCCCNc1ccccn1.I. The van der Waals surface area contributed by atoms with E-state index in [0.29, 0.717) is 6.61 Å². The van der Waals surface area contributed by atoms with Crippen molar-refractivity contribution in [1.82, 2.24) is 15.6 Å². The molecule has 1 aromatic carbocycles. The molecule has 178 valence electrons. The van der Waals surface area contributed by atoms with Crippen molar-refractivity contribution in [3.63, 3.8) is 0 Å². The number of ether oxygens (including phenoxy) is 2. The average molecular weight is 556 g/mol. The molecule has 0 amide bonds. The van der Waals surface area contributed by atoms with Crippen LogP contribution >= 0.6 is 24.0 Å². The fourth-order valence-corrected chi connectivity index (χ4v) is 3.10. The van der Waals surface area contributed by atoms with Gasteiger partial charge in [0, 0.05) is 32.4 Å². The molecule has 32 heavy (non-hydrogen) atoms. The van der Waals surface area contributed by atoms with Crippen molar-refractivity contribution in [2.75, 3.05) is 45.2 Å². The summed E-state index contributed by atoms with van der Waals surface area (Å²) in [5.41, 5.74) is 1.23. The predicted octanol–water partition coefficient (Wildman–Crippen LogP) is 4.49. The first-order chi connectivity index (χ1) is 15.3. The number of pyridine rings is 1. The number of halogens is 1. The Balaban J connectivity index is 0.00000512. The van der Waals surface area contributed by atoms with E-state index in [1.165, 1.54) is 5.56 Å². The van der Waals surface area contributed by atoms with Gasteiger partial charge in [0.25, 0.3) is 0 Å². The fourth-order valence-electron chi connectivity index (χ4n) is 3.10. The third kappa shape index (κ3) is 10.9. The lowest BCUT2D eigenvalue weighted by Crippen LogP contribution is -2.38. The maximum atomic E-state index is 5.66. The molecule has 0 saturated carbocycles. The highest BCUT2D eigenvalue weighted by Gasteiger charge is 2.05. The van der Waals surface area contributed by atoms with E-state index in [1.54, 1.807) is 13.3 Å². The molecule has 0 spiro atoms. The summed E-state index contributed by atoms with van der Waals surface area (Å²) in [5, 5.41) is 10.1. The van der Waals surface area contributed by atoms with Crippen LogP contribution in [0.4, 0.5) is 5.82 Å². The van der Waals surface area contributed by atoms with Gasteiger partial charge < -0.3 is 25.4 Å². The van der Waals surface area contributed by atoms with Crippen molar-refractivity contribution in [3.8, 4) is 11.5 Å². The zero-order valence-electron chi connectivity index (χ0n) is 19.5. The number of rotatable bonds is 14. The monoisotopic (exact) mass is 555 g/mol. The zero-order chi connectivity index (χ0) is 22.2. The molecule has 7 nitrogen and oxygen atoms in total. The Morgan fingerprint density at radius 2 is 1.84 bits per heavy atom. The van der Waals surface area contributed by atoms with Crippen LogP contribution in [0.5, 0.6) is 11.5 Å². The van der Waals surface area contributed by atoms with E-state index >= 15 is 0 Å². The Morgan fingerprint density at radius 1 is 1.00 bits per heavy atom. The van der Waals surface area contributed by atoms with Gasteiger partial charge in [-0.1, -0.05) is 12.1 Å². The molecule has 0 unspecified atom stereocenters. The fraction of sp³-hybridized carbons (Fsp3) is 0.500. The molecule has 0 fully saturated rings. The summed E-state index contributed by atoms with van der Waals surface area (Å²) in [6.07, 6.45) is 5.86. The number of methoxy groups -OCH3 is 1. The first kappa shape index (κ1) is 27.8. The van der Waals surface area contributed by atoms with Gasteiger partial charge in [-0.15, -0.1) is 24.0 Å². The second-order valence-electron chi connectivity index (χ2n) is 7.06. The average Bonchev–Trinajstić information content (AvgIpc) is 2.80. The molecule has 0 atom stereocenters. The van der Waals surface area contributed by atoms with Gasteiger partial charge in [-0.25, -0.2) is 4.98 Å². The van der Waals surface area contributed by atoms with Crippen LogP contribution in [0.1, 0.15) is 38.7 Å². The Kier molecular flexibility index (Phi) is 15.1. The molecule has 0 radical (unpaired) electrons. The smallest absolute Gasteiger partial charge is 0.191 e. The van der Waals surface area contributed by atoms with E-state index in [0.717, 1.165) is 75.1 Å². The standard InChI is InChI=1S/C24H37N5O2.HI/c1-4-25-24(28-17-9-8-16-27-23-12-6-7-15-26-23)29-18-10-11-20-13-14-21(30-3)22(19-20)31-5-2;/h6-7,12-15,19H,4-5,8-11,16-18H2,1-3H3,(H,26,27)(H2,25,28,29);1H. The van der Waals surface area contributed by atoms with Crippen LogP contribution in [-0.4, -0.2) is 50.8 Å². The van der Waals surface area contributed by atoms with Gasteiger partial charge >= 0.3 is 0 Å². The lowest BCUT2D eigenvalue weighted by molar-refractivity contribution is 0.310. The van der Waals surface area contributed by atoms with Crippen molar-refractivity contribution < 1.29 is 9.47 Å². The van der Waals surface area contributed by atoms with Gasteiger partial charge in [-0.3, -0.25) is 4.99 Å². The zero-order valence-corrected chi connectivity index (χ0v) is 21.9. The maximum absolute atomic E-state index is 5.66. The van der Waals surface area contributed by atoms with Crippen LogP contribution in [0, 0.1) is 0 Å². The number of benzene rings is 1. The molecule has 2 rings (SSSR count). The molecule has 1 heterocycles. The van der Waals surface area contributed by atoms with Crippen LogP contribution in [0.25, 0.3) is 0 Å². The Hall–Kier alpha value is -2.23. The summed E-state index contributed by atoms with van der Waals surface area (Å²) in [6, 6.07) is 12.0. The maximum Gasteiger partial charge on any atom is 0.191 e. The van der Waals surface area contributed by atoms with Crippen molar-refractivity contribution >= 4 is 35.8 Å².